The lowest BCUT2D eigenvalue weighted by molar-refractivity contribution is -0.118. The van der Waals surface area contributed by atoms with Gasteiger partial charge >= 0.3 is 0 Å². The monoisotopic (exact) mass is 438 g/mol. The van der Waals surface area contributed by atoms with E-state index in [-0.39, 0.29) is 12.5 Å². The molecule has 28 heavy (non-hydrogen) atoms. The molecule has 146 valence electrons. The number of hydrogen-bond acceptors (Lipinski definition) is 6. The average Bonchev–Trinajstić information content (AvgIpc) is 3.16. The Morgan fingerprint density at radius 3 is 2.61 bits per heavy atom. The van der Waals surface area contributed by atoms with E-state index in [0.29, 0.717) is 38.1 Å². The number of aromatic nitrogens is 1. The Morgan fingerprint density at radius 1 is 1.07 bits per heavy atom. The lowest BCUT2D eigenvalue weighted by Crippen LogP contribution is -2.20. The minimum Gasteiger partial charge on any atom is -0.493 e. The van der Waals surface area contributed by atoms with E-state index in [9.17, 15) is 4.79 Å². The van der Waals surface area contributed by atoms with Gasteiger partial charge in [-0.3, -0.25) is 10.1 Å². The molecule has 1 N–H and O–H groups in total. The first kappa shape index (κ1) is 20.3. The number of anilines is 1. The van der Waals surface area contributed by atoms with Crippen LogP contribution >= 0.6 is 34.5 Å². The van der Waals surface area contributed by atoms with E-state index in [1.54, 1.807) is 38.5 Å². The Labute approximate surface area is 176 Å². The van der Waals surface area contributed by atoms with E-state index in [4.69, 9.17) is 37.4 Å². The van der Waals surface area contributed by atoms with Gasteiger partial charge in [-0.2, -0.15) is 0 Å². The van der Waals surface area contributed by atoms with E-state index in [0.717, 1.165) is 5.56 Å². The summed E-state index contributed by atoms with van der Waals surface area (Å²) in [6.07, 6.45) is 0. The highest BCUT2D eigenvalue weighted by Crippen LogP contribution is 2.33. The minimum absolute atomic E-state index is 0.217. The minimum atomic E-state index is -0.357. The molecule has 1 heterocycles. The highest BCUT2D eigenvalue weighted by Gasteiger charge is 2.12. The summed E-state index contributed by atoms with van der Waals surface area (Å²) in [6, 6.07) is 10.3. The van der Waals surface area contributed by atoms with Crippen LogP contribution in [0.2, 0.25) is 10.0 Å². The van der Waals surface area contributed by atoms with Crippen LogP contribution in [0.1, 0.15) is 0 Å². The number of methoxy groups -OCH3 is 2. The third-order valence-corrected chi connectivity index (χ3v) is 4.99. The van der Waals surface area contributed by atoms with Crippen LogP contribution in [-0.2, 0) is 4.79 Å². The number of amides is 1. The molecule has 0 atom stereocenters. The largest absolute Gasteiger partial charge is 0.493 e. The van der Waals surface area contributed by atoms with Crippen molar-refractivity contribution in [2.75, 3.05) is 26.1 Å². The smallest absolute Gasteiger partial charge is 0.264 e. The zero-order chi connectivity index (χ0) is 20.1. The van der Waals surface area contributed by atoms with E-state index >= 15 is 0 Å². The summed E-state index contributed by atoms with van der Waals surface area (Å²) < 4.78 is 16.0. The van der Waals surface area contributed by atoms with Crippen LogP contribution in [0.5, 0.6) is 17.2 Å². The maximum atomic E-state index is 12.1. The van der Waals surface area contributed by atoms with Crippen molar-refractivity contribution in [2.24, 2.45) is 0 Å². The molecule has 3 aromatic rings. The van der Waals surface area contributed by atoms with Crippen molar-refractivity contribution in [1.29, 1.82) is 0 Å². The molecule has 0 radical (unpaired) electrons. The van der Waals surface area contributed by atoms with Crippen molar-refractivity contribution in [3.05, 3.63) is 51.8 Å². The van der Waals surface area contributed by atoms with Crippen molar-refractivity contribution >= 4 is 45.6 Å². The molecule has 1 aromatic heterocycles. The Bertz CT molecular complexity index is 994. The first-order valence-corrected chi connectivity index (χ1v) is 9.69. The number of hydrogen-bond donors (Lipinski definition) is 1. The molecule has 6 nitrogen and oxygen atoms in total. The summed E-state index contributed by atoms with van der Waals surface area (Å²) in [5.74, 6) is 1.22. The van der Waals surface area contributed by atoms with Crippen molar-refractivity contribution in [3.8, 4) is 28.5 Å². The molecule has 0 unspecified atom stereocenters. The second-order valence-electron chi connectivity index (χ2n) is 5.52. The molecule has 0 fully saturated rings. The van der Waals surface area contributed by atoms with Crippen molar-refractivity contribution in [1.82, 2.24) is 4.98 Å². The second-order valence-corrected chi connectivity index (χ2v) is 7.22. The van der Waals surface area contributed by atoms with Gasteiger partial charge in [-0.1, -0.05) is 23.2 Å². The van der Waals surface area contributed by atoms with E-state index in [1.165, 1.54) is 11.3 Å². The molecule has 0 aliphatic rings. The zero-order valence-corrected chi connectivity index (χ0v) is 17.3. The van der Waals surface area contributed by atoms with Crippen LogP contribution in [0.15, 0.2) is 41.8 Å². The quantitative estimate of drug-likeness (QED) is 0.551. The molecule has 9 heteroatoms. The van der Waals surface area contributed by atoms with Crippen LogP contribution in [0.4, 0.5) is 5.13 Å². The normalized spacial score (nSPS) is 10.4. The summed E-state index contributed by atoms with van der Waals surface area (Å²) in [6.45, 7) is -0.217. The van der Waals surface area contributed by atoms with Gasteiger partial charge in [0.2, 0.25) is 0 Å². The van der Waals surface area contributed by atoms with Gasteiger partial charge in [0.05, 0.1) is 24.9 Å². The molecular weight excluding hydrogens is 423 g/mol. The lowest BCUT2D eigenvalue weighted by atomic mass is 10.1. The maximum absolute atomic E-state index is 12.1. The molecule has 1 amide bonds. The topological polar surface area (TPSA) is 69.7 Å². The van der Waals surface area contributed by atoms with E-state index in [2.05, 4.69) is 10.3 Å². The van der Waals surface area contributed by atoms with Gasteiger partial charge < -0.3 is 14.2 Å². The molecule has 2 aromatic carbocycles. The van der Waals surface area contributed by atoms with E-state index < -0.39 is 0 Å². The Morgan fingerprint density at radius 2 is 1.86 bits per heavy atom. The summed E-state index contributed by atoms with van der Waals surface area (Å²) in [4.78, 5) is 16.6. The SMILES string of the molecule is COc1ccc(-c2csc(NC(=O)COc3cc(Cl)ccc3Cl)n2)cc1OC. The Kier molecular flexibility index (Phi) is 6.61. The highest BCUT2D eigenvalue weighted by atomic mass is 35.5. The summed E-state index contributed by atoms with van der Waals surface area (Å²) in [5, 5.41) is 5.84. The molecule has 0 aliphatic carbocycles. The van der Waals surface area contributed by atoms with Gasteiger partial charge in [0, 0.05) is 22.0 Å². The molecule has 0 saturated heterocycles. The fourth-order valence-electron chi connectivity index (χ4n) is 2.35. The van der Waals surface area contributed by atoms with Crippen LogP contribution in [0, 0.1) is 0 Å². The molecule has 0 saturated carbocycles. The third kappa shape index (κ3) is 4.86. The van der Waals surface area contributed by atoms with Crippen LogP contribution < -0.4 is 19.5 Å². The molecular formula is C19H16Cl2N2O4S. The first-order chi connectivity index (χ1) is 13.5. The predicted molar refractivity (Wildman–Crippen MR) is 111 cm³/mol. The predicted octanol–water partition coefficient (Wildman–Crippen LogP) is 5.15. The summed E-state index contributed by atoms with van der Waals surface area (Å²) >= 11 is 13.2. The number of nitrogens with zero attached hydrogens (tertiary/aromatic N) is 1. The number of rotatable bonds is 7. The number of ether oxygens (including phenoxy) is 3. The average molecular weight is 439 g/mol. The summed E-state index contributed by atoms with van der Waals surface area (Å²) in [5.41, 5.74) is 1.55. The van der Waals surface area contributed by atoms with Gasteiger partial charge in [0.25, 0.3) is 5.91 Å². The first-order valence-electron chi connectivity index (χ1n) is 8.05. The second kappa shape index (κ2) is 9.14. The fraction of sp³-hybridized carbons (Fsp3) is 0.158. The Hall–Kier alpha value is -2.48. The molecule has 0 aliphatic heterocycles. The van der Waals surface area contributed by atoms with Crippen LogP contribution in [-0.4, -0.2) is 31.7 Å². The zero-order valence-electron chi connectivity index (χ0n) is 15.0. The van der Waals surface area contributed by atoms with Gasteiger partial charge in [0.1, 0.15) is 5.75 Å². The van der Waals surface area contributed by atoms with Crippen molar-refractivity contribution in [3.63, 3.8) is 0 Å². The maximum Gasteiger partial charge on any atom is 0.264 e. The number of benzene rings is 2. The number of nitrogens with one attached hydrogen (secondary N) is 1. The van der Waals surface area contributed by atoms with Crippen LogP contribution in [0.25, 0.3) is 11.3 Å². The third-order valence-electron chi connectivity index (χ3n) is 3.68. The van der Waals surface area contributed by atoms with Gasteiger partial charge in [-0.25, -0.2) is 4.98 Å². The highest BCUT2D eigenvalue weighted by molar-refractivity contribution is 7.14. The standard InChI is InChI=1S/C19H16Cl2N2O4S/c1-25-15-6-3-11(7-17(15)26-2)14-10-28-19(22-14)23-18(24)9-27-16-8-12(20)4-5-13(16)21/h3-8,10H,9H2,1-2H3,(H,22,23,24). The van der Waals surface area contributed by atoms with Crippen LogP contribution in [0.3, 0.4) is 0 Å². The fourth-order valence-corrected chi connectivity index (χ4v) is 3.42. The van der Waals surface area contributed by atoms with Gasteiger partial charge in [0.15, 0.2) is 23.2 Å². The van der Waals surface area contributed by atoms with Gasteiger partial charge in [-0.05, 0) is 30.3 Å². The lowest BCUT2D eigenvalue weighted by Gasteiger charge is -2.08. The molecule has 0 bridgehead atoms. The van der Waals surface area contributed by atoms with Crippen molar-refractivity contribution in [2.45, 2.75) is 0 Å². The van der Waals surface area contributed by atoms with E-state index in [1.807, 2.05) is 17.5 Å². The summed E-state index contributed by atoms with van der Waals surface area (Å²) in [7, 11) is 3.15. The number of carbonyl (C=O) groups is 1. The number of carbonyl (C=O) groups excluding carboxylic acids is 1. The number of thiazole rings is 1. The molecule has 0 spiro atoms. The Balaban J connectivity index is 1.64. The van der Waals surface area contributed by atoms with Gasteiger partial charge in [-0.15, -0.1) is 11.3 Å². The number of halogens is 2. The van der Waals surface area contributed by atoms with Crippen molar-refractivity contribution < 1.29 is 19.0 Å². The molecule has 3 rings (SSSR count).